The number of carbonyl (C=O) groups excluding carboxylic acids is 2. The minimum atomic E-state index is -0.516. The fraction of sp³-hybridized carbons (Fsp3) is 0.368. The zero-order valence-electron chi connectivity index (χ0n) is 15.3. The highest BCUT2D eigenvalue weighted by Crippen LogP contribution is 2.17. The molecule has 0 aliphatic rings. The van der Waals surface area contributed by atoms with Gasteiger partial charge in [0.05, 0.1) is 18.4 Å². The van der Waals surface area contributed by atoms with E-state index in [1.165, 1.54) is 7.11 Å². The van der Waals surface area contributed by atoms with Gasteiger partial charge in [0, 0.05) is 12.6 Å². The van der Waals surface area contributed by atoms with Crippen LogP contribution in [0.15, 0.2) is 30.3 Å². The Kier molecular flexibility index (Phi) is 7.08. The lowest BCUT2D eigenvalue weighted by Gasteiger charge is -2.11. The Morgan fingerprint density at radius 3 is 2.65 bits per heavy atom. The molecule has 0 saturated heterocycles. The quantitative estimate of drug-likeness (QED) is 0.556. The van der Waals surface area contributed by atoms with Crippen molar-refractivity contribution in [3.05, 3.63) is 47.4 Å². The second-order valence-electron chi connectivity index (χ2n) is 5.81. The van der Waals surface area contributed by atoms with E-state index in [-0.39, 0.29) is 11.3 Å². The Morgan fingerprint density at radius 2 is 1.92 bits per heavy atom. The molecular formula is C19H24N4O3. The third kappa shape index (κ3) is 5.27. The van der Waals surface area contributed by atoms with Gasteiger partial charge in [0.25, 0.3) is 5.91 Å². The molecule has 0 aliphatic heterocycles. The van der Waals surface area contributed by atoms with Crippen molar-refractivity contribution in [3.8, 4) is 0 Å². The van der Waals surface area contributed by atoms with Gasteiger partial charge in [0.1, 0.15) is 17.3 Å². The van der Waals surface area contributed by atoms with E-state index in [1.54, 1.807) is 37.3 Å². The van der Waals surface area contributed by atoms with Crippen molar-refractivity contribution in [2.24, 2.45) is 0 Å². The number of benzene rings is 1. The predicted octanol–water partition coefficient (Wildman–Crippen LogP) is 3.43. The van der Waals surface area contributed by atoms with Gasteiger partial charge in [-0.15, -0.1) is 0 Å². The summed E-state index contributed by atoms with van der Waals surface area (Å²) in [5, 5.41) is 5.93. The molecule has 0 spiro atoms. The Morgan fingerprint density at radius 1 is 1.15 bits per heavy atom. The van der Waals surface area contributed by atoms with E-state index in [4.69, 9.17) is 4.74 Å². The first kappa shape index (κ1) is 19.4. The Bertz CT molecular complexity index is 777. The zero-order valence-corrected chi connectivity index (χ0v) is 15.3. The van der Waals surface area contributed by atoms with Crippen LogP contribution in [-0.2, 0) is 4.74 Å². The van der Waals surface area contributed by atoms with E-state index in [2.05, 4.69) is 27.5 Å². The first-order valence-corrected chi connectivity index (χ1v) is 8.63. The van der Waals surface area contributed by atoms with Crippen molar-refractivity contribution < 1.29 is 14.3 Å². The fourth-order valence-corrected chi connectivity index (χ4v) is 2.43. The molecule has 7 nitrogen and oxygen atoms in total. The number of hydrogen-bond acceptors (Lipinski definition) is 6. The van der Waals surface area contributed by atoms with Crippen LogP contribution in [0.4, 0.5) is 11.5 Å². The van der Waals surface area contributed by atoms with Gasteiger partial charge in [0.2, 0.25) is 0 Å². The molecule has 2 N–H and O–H groups in total. The van der Waals surface area contributed by atoms with Crippen molar-refractivity contribution in [2.75, 3.05) is 24.3 Å². The summed E-state index contributed by atoms with van der Waals surface area (Å²) >= 11 is 0. The molecule has 138 valence electrons. The fourth-order valence-electron chi connectivity index (χ4n) is 2.43. The van der Waals surface area contributed by atoms with Crippen LogP contribution in [0.5, 0.6) is 0 Å². The van der Waals surface area contributed by atoms with Crippen LogP contribution in [0.2, 0.25) is 0 Å². The van der Waals surface area contributed by atoms with Gasteiger partial charge >= 0.3 is 5.97 Å². The number of ether oxygens (including phenoxy) is 1. The smallest absolute Gasteiger partial charge is 0.339 e. The summed E-state index contributed by atoms with van der Waals surface area (Å²) in [6.45, 7) is 4.66. The molecule has 0 unspecified atom stereocenters. The monoisotopic (exact) mass is 356 g/mol. The predicted molar refractivity (Wildman–Crippen MR) is 101 cm³/mol. The number of methoxy groups -OCH3 is 1. The van der Waals surface area contributed by atoms with Gasteiger partial charge in [-0.2, -0.15) is 0 Å². The summed E-state index contributed by atoms with van der Waals surface area (Å²) in [5.74, 6) is 0.179. The van der Waals surface area contributed by atoms with E-state index in [0.29, 0.717) is 17.3 Å². The van der Waals surface area contributed by atoms with Crippen molar-refractivity contribution in [1.82, 2.24) is 9.97 Å². The minimum Gasteiger partial charge on any atom is -0.465 e. The van der Waals surface area contributed by atoms with Crippen LogP contribution in [0.25, 0.3) is 0 Å². The van der Waals surface area contributed by atoms with Crippen LogP contribution in [0.3, 0.4) is 0 Å². The van der Waals surface area contributed by atoms with E-state index in [1.807, 2.05) is 0 Å². The Balaban J connectivity index is 2.15. The van der Waals surface area contributed by atoms with Crippen molar-refractivity contribution in [1.29, 1.82) is 0 Å². The summed E-state index contributed by atoms with van der Waals surface area (Å²) < 4.78 is 4.74. The average molecular weight is 356 g/mol. The van der Waals surface area contributed by atoms with E-state index in [0.717, 1.165) is 25.8 Å². The molecule has 7 heteroatoms. The molecule has 0 aliphatic carbocycles. The maximum absolute atomic E-state index is 12.6. The highest BCUT2D eigenvalue weighted by Gasteiger charge is 2.16. The van der Waals surface area contributed by atoms with Gasteiger partial charge in [0.15, 0.2) is 0 Å². The highest BCUT2D eigenvalue weighted by molar-refractivity contribution is 6.07. The molecule has 0 fully saturated rings. The number of rotatable bonds is 8. The van der Waals surface area contributed by atoms with Gasteiger partial charge < -0.3 is 15.4 Å². The van der Waals surface area contributed by atoms with Crippen LogP contribution in [-0.4, -0.2) is 35.5 Å². The molecule has 1 amide bonds. The molecular weight excluding hydrogens is 332 g/mol. The second kappa shape index (κ2) is 9.50. The van der Waals surface area contributed by atoms with Crippen LogP contribution in [0.1, 0.15) is 52.9 Å². The molecule has 2 aromatic rings. The molecule has 0 radical (unpaired) electrons. The largest absolute Gasteiger partial charge is 0.465 e. The van der Waals surface area contributed by atoms with E-state index >= 15 is 0 Å². The first-order chi connectivity index (χ1) is 12.5. The number of para-hydroxylation sites is 1. The van der Waals surface area contributed by atoms with Crippen LogP contribution in [0, 0.1) is 6.92 Å². The molecule has 0 bridgehead atoms. The lowest BCUT2D eigenvalue weighted by molar-refractivity contribution is 0.0602. The van der Waals surface area contributed by atoms with Crippen LogP contribution >= 0.6 is 0 Å². The molecule has 26 heavy (non-hydrogen) atoms. The maximum atomic E-state index is 12.6. The average Bonchev–Trinajstić information content (AvgIpc) is 2.64. The number of aromatic nitrogens is 2. The van der Waals surface area contributed by atoms with Crippen LogP contribution < -0.4 is 10.6 Å². The molecule has 1 aromatic heterocycles. The van der Waals surface area contributed by atoms with Crippen molar-refractivity contribution in [2.45, 2.75) is 33.1 Å². The SMILES string of the molecule is CCCCCNc1cc(C(=O)Nc2ccccc2C(=O)OC)nc(C)n1. The zero-order chi connectivity index (χ0) is 18.9. The number of amides is 1. The number of aryl methyl sites for hydroxylation is 1. The second-order valence-corrected chi connectivity index (χ2v) is 5.81. The number of anilines is 2. The van der Waals surface area contributed by atoms with Crippen molar-refractivity contribution >= 4 is 23.4 Å². The third-order valence-electron chi connectivity index (χ3n) is 3.74. The molecule has 0 atom stereocenters. The number of carbonyl (C=O) groups is 2. The van der Waals surface area contributed by atoms with Gasteiger partial charge in [-0.25, -0.2) is 14.8 Å². The minimum absolute atomic E-state index is 0.232. The summed E-state index contributed by atoms with van der Waals surface area (Å²) in [7, 11) is 1.30. The maximum Gasteiger partial charge on any atom is 0.339 e. The lowest BCUT2D eigenvalue weighted by Crippen LogP contribution is -2.18. The molecule has 1 heterocycles. The number of hydrogen-bond donors (Lipinski definition) is 2. The highest BCUT2D eigenvalue weighted by atomic mass is 16.5. The summed E-state index contributed by atoms with van der Waals surface area (Å²) in [4.78, 5) is 32.9. The number of nitrogens with one attached hydrogen (secondary N) is 2. The Hall–Kier alpha value is -2.96. The van der Waals surface area contributed by atoms with E-state index < -0.39 is 11.9 Å². The third-order valence-corrected chi connectivity index (χ3v) is 3.74. The van der Waals surface area contributed by atoms with Gasteiger partial charge in [-0.3, -0.25) is 4.79 Å². The van der Waals surface area contributed by atoms with E-state index in [9.17, 15) is 9.59 Å². The topological polar surface area (TPSA) is 93.2 Å². The van der Waals surface area contributed by atoms with Crippen molar-refractivity contribution in [3.63, 3.8) is 0 Å². The number of esters is 1. The standard InChI is InChI=1S/C19H24N4O3/c1-4-5-8-11-20-17-12-16(21-13(2)22-17)18(24)23-15-10-7-6-9-14(15)19(25)26-3/h6-7,9-10,12H,4-5,8,11H2,1-3H3,(H,23,24)(H,20,21,22). The Labute approximate surface area is 153 Å². The molecule has 0 saturated carbocycles. The number of nitrogens with zero attached hydrogens (tertiary/aromatic N) is 2. The summed E-state index contributed by atoms with van der Waals surface area (Å²) in [5.41, 5.74) is 0.889. The summed E-state index contributed by atoms with van der Waals surface area (Å²) in [6.07, 6.45) is 3.31. The molecule has 1 aromatic carbocycles. The lowest BCUT2D eigenvalue weighted by atomic mass is 10.1. The first-order valence-electron chi connectivity index (χ1n) is 8.63. The normalized spacial score (nSPS) is 10.3. The molecule has 2 rings (SSSR count). The van der Waals surface area contributed by atoms with Gasteiger partial charge in [-0.05, 0) is 25.5 Å². The number of unbranched alkanes of at least 4 members (excludes halogenated alkanes) is 2. The summed E-state index contributed by atoms with van der Waals surface area (Å²) in [6, 6.07) is 8.27. The van der Waals surface area contributed by atoms with Gasteiger partial charge in [-0.1, -0.05) is 31.9 Å².